The number of ketones is 1. The average Bonchev–Trinajstić information content (AvgIpc) is 2.73. The molecule has 0 saturated heterocycles. The van der Waals surface area contributed by atoms with E-state index in [9.17, 15) is 14.4 Å². The van der Waals surface area contributed by atoms with Crippen molar-refractivity contribution in [2.24, 2.45) is 0 Å². The number of carbonyl (C=O) groups excluding carboxylic acids is 3. The third kappa shape index (κ3) is 7.13. The highest BCUT2D eigenvalue weighted by atomic mass is 35.5. The molecule has 0 aliphatic heterocycles. The molecule has 0 radical (unpaired) electrons. The third-order valence-corrected chi connectivity index (χ3v) is 5.07. The summed E-state index contributed by atoms with van der Waals surface area (Å²) in [6.45, 7) is 5.20. The number of benzene rings is 2. The summed E-state index contributed by atoms with van der Waals surface area (Å²) >= 11 is 11.8. The van der Waals surface area contributed by atoms with Crippen molar-refractivity contribution in [2.45, 2.75) is 39.2 Å². The molecule has 7 heteroatoms. The van der Waals surface area contributed by atoms with Crippen LogP contribution < -0.4 is 0 Å². The number of carbonyl (C=O) groups is 3. The van der Waals surface area contributed by atoms with Gasteiger partial charge in [-0.3, -0.25) is 9.59 Å². The lowest BCUT2D eigenvalue weighted by atomic mass is 9.94. The topological polar surface area (TPSA) is 69.7 Å². The van der Waals surface area contributed by atoms with Gasteiger partial charge in [-0.2, -0.15) is 0 Å². The summed E-state index contributed by atoms with van der Waals surface area (Å²) < 4.78 is 10.2. The molecule has 5 nitrogen and oxygen atoms in total. The van der Waals surface area contributed by atoms with E-state index in [-0.39, 0.29) is 18.1 Å². The number of hydrogen-bond donors (Lipinski definition) is 0. The molecule has 0 fully saturated rings. The zero-order valence-corrected chi connectivity index (χ0v) is 18.9. The van der Waals surface area contributed by atoms with Crippen LogP contribution in [-0.2, 0) is 19.1 Å². The highest BCUT2D eigenvalue weighted by molar-refractivity contribution is 6.42. The van der Waals surface area contributed by atoms with Crippen molar-refractivity contribution >= 4 is 40.9 Å². The smallest absolute Gasteiger partial charge is 0.347 e. The molecule has 0 spiro atoms. The summed E-state index contributed by atoms with van der Waals surface area (Å²) in [4.78, 5) is 36.9. The molecular weight excluding hydrogens is 439 g/mol. The molecule has 31 heavy (non-hydrogen) atoms. The molecule has 0 amide bonds. The molecule has 2 aromatic rings. The number of esters is 2. The summed E-state index contributed by atoms with van der Waals surface area (Å²) in [5.41, 5.74) is 1.93. The summed E-state index contributed by atoms with van der Waals surface area (Å²) in [5.74, 6) is 2.80. The van der Waals surface area contributed by atoms with Crippen LogP contribution in [0.25, 0.3) is 0 Å². The van der Waals surface area contributed by atoms with Crippen LogP contribution in [0.2, 0.25) is 10.0 Å². The fourth-order valence-corrected chi connectivity index (χ4v) is 3.03. The van der Waals surface area contributed by atoms with Crippen LogP contribution in [0.5, 0.6) is 0 Å². The zero-order valence-electron chi connectivity index (χ0n) is 17.4. The van der Waals surface area contributed by atoms with Crippen molar-refractivity contribution in [3.05, 3.63) is 69.2 Å². The maximum atomic E-state index is 12.8. The molecule has 162 valence electrons. The standard InChI is InChI=1S/C24H22Cl2O5/c1-4-30-23(28)16(3)31-24(29)19(17-8-5-7-15(2)13-17)9-6-10-22(27)18-11-12-20(25)21(26)14-18/h5,7-8,11-14,16,19H,4,9H2,1-3H3/t16?,19-/m0/s1. The number of ether oxygens (including phenoxy) is 2. The maximum absolute atomic E-state index is 12.8. The van der Waals surface area contributed by atoms with Crippen molar-refractivity contribution in [2.75, 3.05) is 6.61 Å². The number of aryl methyl sites for hydroxylation is 1. The lowest BCUT2D eigenvalue weighted by molar-refractivity contribution is -0.167. The molecule has 0 saturated carbocycles. The Hall–Kier alpha value is -2.81. The van der Waals surface area contributed by atoms with Crippen molar-refractivity contribution < 1.29 is 23.9 Å². The van der Waals surface area contributed by atoms with E-state index in [1.807, 2.05) is 25.1 Å². The fourth-order valence-electron chi connectivity index (χ4n) is 2.73. The molecule has 0 N–H and O–H groups in total. The Labute approximate surface area is 191 Å². The van der Waals surface area contributed by atoms with Crippen LogP contribution >= 0.6 is 23.2 Å². The van der Waals surface area contributed by atoms with Gasteiger partial charge < -0.3 is 9.47 Å². The predicted molar refractivity (Wildman–Crippen MR) is 119 cm³/mol. The number of hydrogen-bond acceptors (Lipinski definition) is 5. The van der Waals surface area contributed by atoms with Crippen LogP contribution in [0.15, 0.2) is 42.5 Å². The zero-order chi connectivity index (χ0) is 23.0. The Morgan fingerprint density at radius 2 is 1.77 bits per heavy atom. The minimum Gasteiger partial charge on any atom is -0.463 e. The highest BCUT2D eigenvalue weighted by Crippen LogP contribution is 2.24. The molecule has 0 heterocycles. The first kappa shape index (κ1) is 24.5. The Bertz CT molecular complexity index is 1040. The third-order valence-electron chi connectivity index (χ3n) is 4.33. The number of rotatable bonds is 7. The first-order chi connectivity index (χ1) is 14.7. The minimum atomic E-state index is -1.05. The lowest BCUT2D eigenvalue weighted by Gasteiger charge is -2.18. The van der Waals surface area contributed by atoms with Crippen LogP contribution in [0.3, 0.4) is 0 Å². The van der Waals surface area contributed by atoms with Gasteiger partial charge in [-0.25, -0.2) is 4.79 Å². The van der Waals surface area contributed by atoms with Crippen LogP contribution in [-0.4, -0.2) is 30.4 Å². The van der Waals surface area contributed by atoms with Gasteiger partial charge in [0.2, 0.25) is 5.78 Å². The summed E-state index contributed by atoms with van der Waals surface area (Å²) in [5, 5.41) is 0.590. The molecular formula is C24H22Cl2O5. The van der Waals surface area contributed by atoms with E-state index < -0.39 is 29.7 Å². The summed E-state index contributed by atoms with van der Waals surface area (Å²) in [7, 11) is 0. The van der Waals surface area contributed by atoms with Gasteiger partial charge in [0.05, 0.1) is 22.6 Å². The molecule has 2 atom stereocenters. The number of halogens is 2. The first-order valence-electron chi connectivity index (χ1n) is 9.64. The van der Waals surface area contributed by atoms with Gasteiger partial charge in [0.25, 0.3) is 0 Å². The second kappa shape index (κ2) is 11.5. The van der Waals surface area contributed by atoms with E-state index in [4.69, 9.17) is 32.7 Å². The second-order valence-electron chi connectivity index (χ2n) is 6.76. The van der Waals surface area contributed by atoms with E-state index in [2.05, 4.69) is 11.8 Å². The molecule has 1 unspecified atom stereocenters. The van der Waals surface area contributed by atoms with Crippen molar-refractivity contribution in [3.8, 4) is 11.8 Å². The summed E-state index contributed by atoms with van der Waals surface area (Å²) in [6, 6.07) is 11.8. The molecule has 0 bridgehead atoms. The quantitative estimate of drug-likeness (QED) is 0.247. The normalized spacial score (nSPS) is 12.2. The summed E-state index contributed by atoms with van der Waals surface area (Å²) in [6.07, 6.45) is -1.02. The van der Waals surface area contributed by atoms with E-state index >= 15 is 0 Å². The molecule has 2 rings (SSSR count). The Morgan fingerprint density at radius 3 is 2.42 bits per heavy atom. The van der Waals surface area contributed by atoms with Gasteiger partial charge in [-0.05, 0) is 50.5 Å². The van der Waals surface area contributed by atoms with Crippen molar-refractivity contribution in [3.63, 3.8) is 0 Å². The van der Waals surface area contributed by atoms with Gasteiger partial charge in [-0.15, -0.1) is 0 Å². The molecule has 0 aliphatic rings. The molecule has 0 aromatic heterocycles. The lowest BCUT2D eigenvalue weighted by Crippen LogP contribution is -2.29. The highest BCUT2D eigenvalue weighted by Gasteiger charge is 2.26. The Morgan fingerprint density at radius 1 is 1.03 bits per heavy atom. The monoisotopic (exact) mass is 460 g/mol. The average molecular weight is 461 g/mol. The first-order valence-corrected chi connectivity index (χ1v) is 10.4. The molecule has 0 aliphatic carbocycles. The van der Waals surface area contributed by atoms with Gasteiger partial charge in [-0.1, -0.05) is 59.0 Å². The van der Waals surface area contributed by atoms with Gasteiger partial charge in [0.15, 0.2) is 6.10 Å². The predicted octanol–water partition coefficient (Wildman–Crippen LogP) is 5.16. The van der Waals surface area contributed by atoms with E-state index in [1.165, 1.54) is 25.1 Å². The van der Waals surface area contributed by atoms with E-state index in [0.29, 0.717) is 16.1 Å². The van der Waals surface area contributed by atoms with Gasteiger partial charge in [0.1, 0.15) is 0 Å². The van der Waals surface area contributed by atoms with Crippen molar-refractivity contribution in [1.82, 2.24) is 0 Å². The van der Waals surface area contributed by atoms with E-state index in [0.717, 1.165) is 5.56 Å². The van der Waals surface area contributed by atoms with Gasteiger partial charge in [0, 0.05) is 12.0 Å². The Balaban J connectivity index is 2.21. The SMILES string of the molecule is CCOC(=O)C(C)OC(=O)[C@@H](CC#CC(=O)c1ccc(Cl)c(Cl)c1)c1cccc(C)c1. The largest absolute Gasteiger partial charge is 0.463 e. The van der Waals surface area contributed by atoms with Crippen LogP contribution in [0.1, 0.15) is 47.7 Å². The van der Waals surface area contributed by atoms with Crippen LogP contribution in [0.4, 0.5) is 0 Å². The fraction of sp³-hybridized carbons (Fsp3) is 0.292. The molecule has 2 aromatic carbocycles. The van der Waals surface area contributed by atoms with E-state index in [1.54, 1.807) is 13.0 Å². The Kier molecular flexibility index (Phi) is 9.11. The van der Waals surface area contributed by atoms with Gasteiger partial charge >= 0.3 is 11.9 Å². The maximum Gasteiger partial charge on any atom is 0.347 e. The number of Topliss-reactive ketones (excluding diaryl/α,β-unsaturated/α-hetero) is 1. The second-order valence-corrected chi connectivity index (χ2v) is 7.58. The van der Waals surface area contributed by atoms with Crippen LogP contribution in [0, 0.1) is 18.8 Å². The van der Waals surface area contributed by atoms with Crippen molar-refractivity contribution in [1.29, 1.82) is 0 Å². The minimum absolute atomic E-state index is 0.0326.